The summed E-state index contributed by atoms with van der Waals surface area (Å²) in [6.07, 6.45) is 2.69. The van der Waals surface area contributed by atoms with Crippen LogP contribution in [0.4, 0.5) is 5.00 Å². The number of thiophene rings is 1. The summed E-state index contributed by atoms with van der Waals surface area (Å²) in [6.45, 7) is 1.63. The van der Waals surface area contributed by atoms with Crippen molar-refractivity contribution in [1.82, 2.24) is 0 Å². The fourth-order valence-electron chi connectivity index (χ4n) is 1.84. The number of carbonyl (C=O) groups excluding carboxylic acids is 3. The zero-order chi connectivity index (χ0) is 17.7. The second-order valence-electron chi connectivity index (χ2n) is 4.59. The summed E-state index contributed by atoms with van der Waals surface area (Å²) in [7, 11) is 2.57. The molecule has 0 spiro atoms. The smallest absolute Gasteiger partial charge is 0.348 e. The van der Waals surface area contributed by atoms with Crippen molar-refractivity contribution in [2.45, 2.75) is 6.92 Å². The van der Waals surface area contributed by atoms with Gasteiger partial charge in [0.15, 0.2) is 0 Å². The Balaban J connectivity index is 2.02. The van der Waals surface area contributed by atoms with E-state index in [1.165, 1.54) is 32.4 Å². The lowest BCUT2D eigenvalue weighted by molar-refractivity contribution is -0.111. The zero-order valence-corrected chi connectivity index (χ0v) is 14.1. The maximum atomic E-state index is 11.9. The van der Waals surface area contributed by atoms with Crippen molar-refractivity contribution in [1.29, 1.82) is 0 Å². The third kappa shape index (κ3) is 4.11. The van der Waals surface area contributed by atoms with Crippen LogP contribution in [0.5, 0.6) is 0 Å². The molecular formula is C16H15NO6S. The van der Waals surface area contributed by atoms with Gasteiger partial charge in [0.05, 0.1) is 19.2 Å². The van der Waals surface area contributed by atoms with Gasteiger partial charge < -0.3 is 19.2 Å². The molecule has 0 bridgehead atoms. The molecule has 24 heavy (non-hydrogen) atoms. The second kappa shape index (κ2) is 7.60. The molecule has 1 amide bonds. The van der Waals surface area contributed by atoms with E-state index in [0.717, 1.165) is 11.3 Å². The van der Waals surface area contributed by atoms with Gasteiger partial charge in [0.2, 0.25) is 5.91 Å². The van der Waals surface area contributed by atoms with Crippen molar-refractivity contribution in [2.24, 2.45) is 0 Å². The van der Waals surface area contributed by atoms with Crippen LogP contribution in [0.2, 0.25) is 0 Å². The van der Waals surface area contributed by atoms with Gasteiger partial charge in [-0.05, 0) is 31.2 Å². The maximum Gasteiger partial charge on any atom is 0.348 e. The highest BCUT2D eigenvalue weighted by molar-refractivity contribution is 7.18. The average Bonchev–Trinajstić information content (AvgIpc) is 3.18. The Hall–Kier alpha value is -2.87. The van der Waals surface area contributed by atoms with Gasteiger partial charge in [0, 0.05) is 6.08 Å². The summed E-state index contributed by atoms with van der Waals surface area (Å²) in [5.74, 6) is -0.610. The topological polar surface area (TPSA) is 94.8 Å². The van der Waals surface area contributed by atoms with E-state index < -0.39 is 17.8 Å². The Morgan fingerprint density at radius 3 is 2.54 bits per heavy atom. The number of anilines is 1. The lowest BCUT2D eigenvalue weighted by Crippen LogP contribution is -2.06. The molecule has 0 aliphatic rings. The monoisotopic (exact) mass is 349 g/mol. The van der Waals surface area contributed by atoms with Crippen LogP contribution in [0.15, 0.2) is 28.7 Å². The molecule has 0 saturated carbocycles. The first-order valence-corrected chi connectivity index (χ1v) is 7.62. The first-order chi connectivity index (χ1) is 11.4. The first kappa shape index (κ1) is 17.5. The van der Waals surface area contributed by atoms with E-state index in [1.807, 2.05) is 0 Å². The number of hydrogen-bond acceptors (Lipinski definition) is 7. The molecule has 8 heteroatoms. The minimum Gasteiger partial charge on any atom is -0.465 e. The Morgan fingerprint density at radius 1 is 1.17 bits per heavy atom. The number of nitrogens with one attached hydrogen (secondary N) is 1. The van der Waals surface area contributed by atoms with E-state index in [1.54, 1.807) is 19.1 Å². The highest BCUT2D eigenvalue weighted by Crippen LogP contribution is 2.22. The maximum absolute atomic E-state index is 11.9. The van der Waals surface area contributed by atoms with Gasteiger partial charge in [-0.15, -0.1) is 11.3 Å². The average molecular weight is 349 g/mol. The van der Waals surface area contributed by atoms with Crippen LogP contribution < -0.4 is 5.32 Å². The summed E-state index contributed by atoms with van der Waals surface area (Å²) < 4.78 is 14.6. The van der Waals surface area contributed by atoms with E-state index in [-0.39, 0.29) is 0 Å². The highest BCUT2D eigenvalue weighted by Gasteiger charge is 2.14. The van der Waals surface area contributed by atoms with Crippen LogP contribution in [-0.2, 0) is 14.3 Å². The van der Waals surface area contributed by atoms with Crippen LogP contribution in [0, 0.1) is 6.92 Å². The predicted octanol–water partition coefficient (Wildman–Crippen LogP) is 2.87. The standard InChI is InChI=1S/C16H15NO6S/c1-9-11(15(19)21-2)8-10(23-9)4-6-13(18)17-14-7-5-12(24-14)16(20)22-3/h4-8H,1-3H3,(H,17,18)/b6-4+. The van der Waals surface area contributed by atoms with E-state index >= 15 is 0 Å². The zero-order valence-electron chi connectivity index (χ0n) is 13.2. The summed E-state index contributed by atoms with van der Waals surface area (Å²) >= 11 is 1.10. The summed E-state index contributed by atoms with van der Waals surface area (Å²) in [5.41, 5.74) is 0.304. The number of furan rings is 1. The van der Waals surface area contributed by atoms with Crippen molar-refractivity contribution in [3.8, 4) is 0 Å². The molecule has 7 nitrogen and oxygen atoms in total. The van der Waals surface area contributed by atoms with Crippen molar-refractivity contribution in [3.63, 3.8) is 0 Å². The number of esters is 2. The molecule has 1 N–H and O–H groups in total. The lowest BCUT2D eigenvalue weighted by atomic mass is 10.2. The normalized spacial score (nSPS) is 10.6. The third-order valence-electron chi connectivity index (χ3n) is 2.98. The Morgan fingerprint density at radius 2 is 1.88 bits per heavy atom. The Labute approximate surface area is 141 Å². The molecule has 2 aromatic heterocycles. The van der Waals surface area contributed by atoms with Crippen molar-refractivity contribution in [3.05, 3.63) is 46.2 Å². The number of ether oxygens (including phenoxy) is 2. The molecule has 0 radical (unpaired) electrons. The summed E-state index contributed by atoms with van der Waals surface area (Å²) in [5, 5.41) is 3.13. The quantitative estimate of drug-likeness (QED) is 0.659. The number of methoxy groups -OCH3 is 2. The summed E-state index contributed by atoms with van der Waals surface area (Å²) in [6, 6.07) is 4.66. The number of rotatable bonds is 5. The van der Waals surface area contributed by atoms with Crippen LogP contribution in [0.1, 0.15) is 31.6 Å². The van der Waals surface area contributed by atoms with Gasteiger partial charge in [0.25, 0.3) is 0 Å². The van der Waals surface area contributed by atoms with Gasteiger partial charge in [-0.25, -0.2) is 9.59 Å². The molecule has 126 valence electrons. The fraction of sp³-hybridized carbons (Fsp3) is 0.188. The van der Waals surface area contributed by atoms with E-state index in [2.05, 4.69) is 14.8 Å². The number of carbonyl (C=O) groups is 3. The molecule has 2 aromatic rings. The highest BCUT2D eigenvalue weighted by atomic mass is 32.1. The van der Waals surface area contributed by atoms with Crippen LogP contribution in [0.25, 0.3) is 6.08 Å². The first-order valence-electron chi connectivity index (χ1n) is 6.80. The molecule has 0 atom stereocenters. The number of aryl methyl sites for hydroxylation is 1. The molecule has 0 aromatic carbocycles. The Bertz CT molecular complexity index is 801. The molecule has 0 unspecified atom stereocenters. The van der Waals surface area contributed by atoms with Gasteiger partial charge in [-0.2, -0.15) is 0 Å². The van der Waals surface area contributed by atoms with E-state index in [4.69, 9.17) is 4.42 Å². The minimum absolute atomic E-state index is 0.304. The largest absolute Gasteiger partial charge is 0.465 e. The molecule has 0 saturated heterocycles. The van der Waals surface area contributed by atoms with Gasteiger partial charge in [-0.3, -0.25) is 4.79 Å². The Kier molecular flexibility index (Phi) is 5.54. The molecule has 0 fully saturated rings. The van der Waals surface area contributed by atoms with Crippen LogP contribution in [0.3, 0.4) is 0 Å². The van der Waals surface area contributed by atoms with E-state index in [9.17, 15) is 14.4 Å². The molecule has 2 heterocycles. The number of amides is 1. The number of hydrogen-bond donors (Lipinski definition) is 1. The van der Waals surface area contributed by atoms with Gasteiger partial charge >= 0.3 is 11.9 Å². The lowest BCUT2D eigenvalue weighted by Gasteiger charge is -1.96. The van der Waals surface area contributed by atoms with Crippen LogP contribution in [-0.4, -0.2) is 32.1 Å². The SMILES string of the molecule is COC(=O)c1ccc(NC(=O)/C=C/c2cc(C(=O)OC)c(C)o2)s1. The summed E-state index contributed by atoms with van der Waals surface area (Å²) in [4.78, 5) is 35.1. The molecule has 0 aliphatic heterocycles. The predicted molar refractivity (Wildman–Crippen MR) is 88.1 cm³/mol. The van der Waals surface area contributed by atoms with Crippen molar-refractivity contribution >= 4 is 40.3 Å². The molecule has 0 aliphatic carbocycles. The molecular weight excluding hydrogens is 334 g/mol. The fourth-order valence-corrected chi connectivity index (χ4v) is 2.66. The second-order valence-corrected chi connectivity index (χ2v) is 5.67. The minimum atomic E-state index is -0.505. The van der Waals surface area contributed by atoms with Gasteiger partial charge in [-0.1, -0.05) is 0 Å². The van der Waals surface area contributed by atoms with E-state index in [0.29, 0.717) is 27.0 Å². The van der Waals surface area contributed by atoms with Crippen molar-refractivity contribution in [2.75, 3.05) is 19.5 Å². The van der Waals surface area contributed by atoms with Crippen LogP contribution >= 0.6 is 11.3 Å². The van der Waals surface area contributed by atoms with Crippen molar-refractivity contribution < 1.29 is 28.3 Å². The van der Waals surface area contributed by atoms with Gasteiger partial charge in [0.1, 0.15) is 22.0 Å². The third-order valence-corrected chi connectivity index (χ3v) is 3.96. The molecule has 2 rings (SSSR count).